The van der Waals surface area contributed by atoms with Crippen LogP contribution in [0, 0.1) is 5.92 Å². The van der Waals surface area contributed by atoms with Crippen molar-refractivity contribution in [3.8, 4) is 0 Å². The number of ether oxygens (including phenoxy) is 4. The van der Waals surface area contributed by atoms with E-state index in [0.717, 1.165) is 0 Å². The van der Waals surface area contributed by atoms with Crippen LogP contribution in [0.4, 0.5) is 0 Å². The smallest absolute Gasteiger partial charge is 0.307 e. The third kappa shape index (κ3) is 8.26. The van der Waals surface area contributed by atoms with E-state index in [4.69, 9.17) is 24.1 Å². The van der Waals surface area contributed by atoms with Gasteiger partial charge in [0.25, 0.3) is 0 Å². The lowest BCUT2D eigenvalue weighted by Gasteiger charge is -2.42. The van der Waals surface area contributed by atoms with Gasteiger partial charge in [0.1, 0.15) is 67.1 Å². The van der Waals surface area contributed by atoms with E-state index in [0.29, 0.717) is 13.0 Å². The molecule has 3 heterocycles. The van der Waals surface area contributed by atoms with Crippen molar-refractivity contribution in [3.05, 3.63) is 0 Å². The first-order chi connectivity index (χ1) is 19.3. The summed E-state index contributed by atoms with van der Waals surface area (Å²) in [6.07, 6.45) is -23.3. The maximum absolute atomic E-state index is 11.1. The number of β-amino-alcohol motifs (C(OH)–C–C–N with tert-alkyl or cyclic N) is 1. The summed E-state index contributed by atoms with van der Waals surface area (Å²) in [6, 6.07) is 0. The highest BCUT2D eigenvalue weighted by Crippen LogP contribution is 2.26. The fourth-order valence-corrected chi connectivity index (χ4v) is 4.91. The van der Waals surface area contributed by atoms with Crippen molar-refractivity contribution < 1.29 is 85.0 Å². The molecule has 3 aliphatic heterocycles. The number of likely N-dealkylation sites (tertiary alicyclic amines) is 1. The highest BCUT2D eigenvalue weighted by Gasteiger charge is 2.48. The van der Waals surface area contributed by atoms with Crippen molar-refractivity contribution in [2.75, 3.05) is 39.5 Å². The number of rotatable bonds is 13. The second kappa shape index (κ2) is 15.0. The Bertz CT molecular complexity index is 823. The normalized spacial score (nSPS) is 41.6. The number of aliphatic hydroxyl groups is 11. The second-order valence-electron chi connectivity index (χ2n) is 10.6. The summed E-state index contributed by atoms with van der Waals surface area (Å²) < 4.78 is 21.1. The van der Waals surface area contributed by atoms with Crippen LogP contribution in [0.15, 0.2) is 0 Å². The number of hydrogen-bond donors (Lipinski definition) is 12. The zero-order valence-corrected chi connectivity index (χ0v) is 22.0. The average molecular weight is 604 g/mol. The summed E-state index contributed by atoms with van der Waals surface area (Å²) in [7, 11) is 0. The van der Waals surface area contributed by atoms with E-state index in [1.54, 1.807) is 4.90 Å². The molecule has 0 spiro atoms. The molecule has 3 rings (SSSR count). The lowest BCUT2D eigenvalue weighted by atomic mass is 9.98. The fourth-order valence-electron chi connectivity index (χ4n) is 4.91. The number of hydrogen-bond acceptors (Lipinski definition) is 17. The average Bonchev–Trinajstić information content (AvgIpc) is 3.42. The number of nitrogens with zero attached hydrogens (tertiary/aromatic N) is 1. The summed E-state index contributed by atoms with van der Waals surface area (Å²) in [6.45, 7) is -1.76. The van der Waals surface area contributed by atoms with Crippen LogP contribution in [0.3, 0.4) is 0 Å². The van der Waals surface area contributed by atoms with Crippen molar-refractivity contribution in [1.29, 1.82) is 0 Å². The standard InChI is InChI=1S/C23H41NO17/c25-5-11-15(30)17(32)19(34)23(40-11)39-7-12-16(31)18(33)20(35)22(41-12)38-6-10(27)14(29)13(28)9(26)4-24-2-1-8(3-24)21(36)37/h8-20,22-23,25-35H,1-7H2,(H,36,37)/t8?,9?,10-,11-,12-,13-,14-,15-,16-,17+,18+,19-,20-,22-,23-/m1/s1. The molecule has 18 nitrogen and oxygen atoms in total. The molecule has 3 aliphatic rings. The first-order valence-electron chi connectivity index (χ1n) is 13.2. The zero-order chi connectivity index (χ0) is 30.6. The quantitative estimate of drug-likeness (QED) is 0.0930. The lowest BCUT2D eigenvalue weighted by Crippen LogP contribution is -2.62. The molecule has 3 fully saturated rings. The van der Waals surface area contributed by atoms with Gasteiger partial charge in [-0.05, 0) is 13.0 Å². The molecule has 2 unspecified atom stereocenters. The first kappa shape index (κ1) is 34.3. The first-order valence-corrected chi connectivity index (χ1v) is 13.2. The fraction of sp³-hybridized carbons (Fsp3) is 0.957. The molecular weight excluding hydrogens is 562 g/mol. The Balaban J connectivity index is 1.50. The van der Waals surface area contributed by atoms with Crippen LogP contribution < -0.4 is 0 Å². The molecule has 0 amide bonds. The van der Waals surface area contributed by atoms with Gasteiger partial charge in [-0.3, -0.25) is 9.69 Å². The van der Waals surface area contributed by atoms with E-state index in [9.17, 15) is 61.0 Å². The van der Waals surface area contributed by atoms with Gasteiger partial charge in [0, 0.05) is 13.1 Å². The molecule has 3 saturated heterocycles. The summed E-state index contributed by atoms with van der Waals surface area (Å²) in [4.78, 5) is 12.7. The highest BCUT2D eigenvalue weighted by atomic mass is 16.7. The Labute approximate surface area is 234 Å². The lowest BCUT2D eigenvalue weighted by molar-refractivity contribution is -0.333. The van der Waals surface area contributed by atoms with Crippen molar-refractivity contribution in [2.45, 2.75) is 92.2 Å². The van der Waals surface area contributed by atoms with Gasteiger partial charge in [-0.25, -0.2) is 0 Å². The van der Waals surface area contributed by atoms with Gasteiger partial charge in [0.15, 0.2) is 12.6 Å². The van der Waals surface area contributed by atoms with Crippen LogP contribution in [0.25, 0.3) is 0 Å². The zero-order valence-electron chi connectivity index (χ0n) is 22.0. The number of carboxylic acids is 1. The molecule has 0 saturated carbocycles. The van der Waals surface area contributed by atoms with Gasteiger partial charge in [0.2, 0.25) is 0 Å². The van der Waals surface area contributed by atoms with Crippen molar-refractivity contribution in [2.24, 2.45) is 5.92 Å². The highest BCUT2D eigenvalue weighted by molar-refractivity contribution is 5.70. The molecular formula is C23H41NO17. The van der Waals surface area contributed by atoms with Crippen LogP contribution in [-0.4, -0.2) is 197 Å². The molecule has 240 valence electrons. The van der Waals surface area contributed by atoms with Gasteiger partial charge >= 0.3 is 5.97 Å². The SMILES string of the molecule is O=C(O)C1CCN(CC(O)[C@@H](O)[C@H](O)[C@H](O)CO[C@@H]2O[C@H](CO[C@@H]3O[C@H](CO)[C@@H](O)[C@H](O)[C@H]3O)[C@@H](O)[C@H](O)[C@H]2O)C1. The Morgan fingerprint density at radius 1 is 0.780 bits per heavy atom. The molecule has 0 aromatic heterocycles. The molecule has 0 bridgehead atoms. The number of carbonyl (C=O) groups is 1. The van der Waals surface area contributed by atoms with Crippen LogP contribution in [0.2, 0.25) is 0 Å². The molecule has 41 heavy (non-hydrogen) atoms. The van der Waals surface area contributed by atoms with Gasteiger partial charge in [-0.1, -0.05) is 0 Å². The number of aliphatic carboxylic acids is 1. The minimum absolute atomic E-state index is 0.146. The molecule has 0 aromatic carbocycles. The maximum Gasteiger partial charge on any atom is 0.307 e. The van der Waals surface area contributed by atoms with E-state index in [-0.39, 0.29) is 13.1 Å². The van der Waals surface area contributed by atoms with Crippen LogP contribution >= 0.6 is 0 Å². The minimum Gasteiger partial charge on any atom is -0.481 e. The monoisotopic (exact) mass is 603 g/mol. The molecule has 0 aromatic rings. The largest absolute Gasteiger partial charge is 0.481 e. The van der Waals surface area contributed by atoms with E-state index in [1.807, 2.05) is 0 Å². The van der Waals surface area contributed by atoms with Crippen LogP contribution in [0.5, 0.6) is 0 Å². The summed E-state index contributed by atoms with van der Waals surface area (Å²) in [5.74, 6) is -1.60. The van der Waals surface area contributed by atoms with Crippen LogP contribution in [-0.2, 0) is 23.7 Å². The molecule has 0 aliphatic carbocycles. The molecule has 18 heteroatoms. The molecule has 0 radical (unpaired) electrons. The van der Waals surface area contributed by atoms with E-state index < -0.39 is 118 Å². The van der Waals surface area contributed by atoms with Crippen molar-refractivity contribution >= 4 is 5.97 Å². The van der Waals surface area contributed by atoms with Gasteiger partial charge < -0.3 is 80.2 Å². The topological polar surface area (TPSA) is 300 Å². The Morgan fingerprint density at radius 3 is 1.88 bits per heavy atom. The van der Waals surface area contributed by atoms with Crippen molar-refractivity contribution in [3.63, 3.8) is 0 Å². The third-order valence-corrected chi connectivity index (χ3v) is 7.58. The van der Waals surface area contributed by atoms with E-state index in [1.165, 1.54) is 0 Å². The van der Waals surface area contributed by atoms with Gasteiger partial charge in [-0.2, -0.15) is 0 Å². The Kier molecular flexibility index (Phi) is 12.6. The van der Waals surface area contributed by atoms with Gasteiger partial charge in [0.05, 0.1) is 31.8 Å². The minimum atomic E-state index is -1.94. The second-order valence-corrected chi connectivity index (χ2v) is 10.6. The van der Waals surface area contributed by atoms with Gasteiger partial charge in [-0.15, -0.1) is 0 Å². The molecule has 15 atom stereocenters. The molecule has 12 N–H and O–H groups in total. The number of carboxylic acid groups (broad SMARTS) is 1. The summed E-state index contributed by atoms with van der Waals surface area (Å²) in [5.41, 5.74) is 0. The Hall–Kier alpha value is -1.17. The number of aliphatic hydroxyl groups excluding tert-OH is 11. The third-order valence-electron chi connectivity index (χ3n) is 7.58. The maximum atomic E-state index is 11.1. The van der Waals surface area contributed by atoms with E-state index in [2.05, 4.69) is 0 Å². The summed E-state index contributed by atoms with van der Waals surface area (Å²) >= 11 is 0. The predicted molar refractivity (Wildman–Crippen MR) is 129 cm³/mol. The summed E-state index contributed by atoms with van der Waals surface area (Å²) in [5, 5.41) is 120. The van der Waals surface area contributed by atoms with Crippen molar-refractivity contribution in [1.82, 2.24) is 4.90 Å². The van der Waals surface area contributed by atoms with E-state index >= 15 is 0 Å². The van der Waals surface area contributed by atoms with Crippen LogP contribution in [0.1, 0.15) is 6.42 Å². The Morgan fingerprint density at radius 2 is 1.32 bits per heavy atom. The predicted octanol–water partition coefficient (Wildman–Crippen LogP) is -7.52.